The topological polar surface area (TPSA) is 20.3 Å². The summed E-state index contributed by atoms with van der Waals surface area (Å²) in [5.74, 6) is -0.490. The minimum atomic E-state index is -0.394. The number of benzene rings is 1. The van der Waals surface area contributed by atoms with E-state index in [4.69, 9.17) is 0 Å². The fourth-order valence-corrected chi connectivity index (χ4v) is 3.97. The highest BCUT2D eigenvalue weighted by molar-refractivity contribution is 9.10. The van der Waals surface area contributed by atoms with Crippen LogP contribution in [0.2, 0.25) is 0 Å². The van der Waals surface area contributed by atoms with Crippen molar-refractivity contribution in [2.75, 3.05) is 6.54 Å². The number of likely N-dealkylation sites (tertiary alicyclic amines) is 1. The van der Waals surface area contributed by atoms with E-state index >= 15 is 0 Å². The molecule has 0 radical (unpaired) electrons. The zero-order chi connectivity index (χ0) is 14.1. The van der Waals surface area contributed by atoms with E-state index < -0.39 is 5.82 Å². The maximum atomic E-state index is 13.4. The van der Waals surface area contributed by atoms with Crippen LogP contribution in [0.15, 0.2) is 40.2 Å². The summed E-state index contributed by atoms with van der Waals surface area (Å²) in [6, 6.07) is 8.52. The van der Waals surface area contributed by atoms with E-state index in [0.29, 0.717) is 10.0 Å². The molecule has 2 heterocycles. The second-order valence-corrected chi connectivity index (χ2v) is 6.73. The summed E-state index contributed by atoms with van der Waals surface area (Å²) in [4.78, 5) is 15.7. The van der Waals surface area contributed by atoms with Crippen molar-refractivity contribution in [3.8, 4) is 0 Å². The first-order chi connectivity index (χ1) is 9.65. The first-order valence-corrected chi connectivity index (χ1v) is 8.13. The van der Waals surface area contributed by atoms with Gasteiger partial charge in [-0.2, -0.15) is 0 Å². The molecule has 5 heteroatoms. The Morgan fingerprint density at radius 2 is 2.25 bits per heavy atom. The van der Waals surface area contributed by atoms with Crippen molar-refractivity contribution in [1.82, 2.24) is 4.90 Å². The van der Waals surface area contributed by atoms with Gasteiger partial charge in [0, 0.05) is 21.5 Å². The summed E-state index contributed by atoms with van der Waals surface area (Å²) in [6.45, 7) is 0.732. The third-order valence-electron chi connectivity index (χ3n) is 3.49. The van der Waals surface area contributed by atoms with Crippen molar-refractivity contribution >= 4 is 33.2 Å². The zero-order valence-corrected chi connectivity index (χ0v) is 13.1. The van der Waals surface area contributed by atoms with Crippen LogP contribution in [-0.4, -0.2) is 17.4 Å². The van der Waals surface area contributed by atoms with Gasteiger partial charge in [0.25, 0.3) is 5.91 Å². The van der Waals surface area contributed by atoms with E-state index in [1.165, 1.54) is 17.0 Å². The quantitative estimate of drug-likeness (QED) is 0.770. The molecule has 20 heavy (non-hydrogen) atoms. The van der Waals surface area contributed by atoms with Gasteiger partial charge in [0.2, 0.25) is 0 Å². The molecule has 104 valence electrons. The number of hydrogen-bond donors (Lipinski definition) is 0. The Morgan fingerprint density at radius 3 is 2.95 bits per heavy atom. The predicted molar refractivity (Wildman–Crippen MR) is 81.4 cm³/mol. The highest BCUT2D eigenvalue weighted by atomic mass is 79.9. The minimum absolute atomic E-state index is 0.0962. The van der Waals surface area contributed by atoms with E-state index in [-0.39, 0.29) is 11.9 Å². The summed E-state index contributed by atoms with van der Waals surface area (Å²) in [7, 11) is 0. The van der Waals surface area contributed by atoms with Gasteiger partial charge in [0.15, 0.2) is 0 Å². The fourth-order valence-electron chi connectivity index (χ4n) is 2.63. The van der Waals surface area contributed by atoms with Gasteiger partial charge in [-0.1, -0.05) is 22.0 Å². The summed E-state index contributed by atoms with van der Waals surface area (Å²) in [6.07, 6.45) is 1.97. The van der Waals surface area contributed by atoms with Crippen LogP contribution in [0.3, 0.4) is 0 Å². The molecule has 1 atom stereocenters. The number of carbonyl (C=O) groups is 1. The number of halogens is 2. The van der Waals surface area contributed by atoms with Crippen LogP contribution in [0.5, 0.6) is 0 Å². The van der Waals surface area contributed by atoms with Crippen molar-refractivity contribution in [3.05, 3.63) is 56.4 Å². The van der Waals surface area contributed by atoms with Crippen LogP contribution in [-0.2, 0) is 0 Å². The summed E-state index contributed by atoms with van der Waals surface area (Å²) in [5, 5.41) is 2.02. The molecule has 1 aromatic carbocycles. The Labute approximate surface area is 129 Å². The number of rotatable bonds is 2. The molecular formula is C15H13BrFNOS. The fraction of sp³-hybridized carbons (Fsp3) is 0.267. The van der Waals surface area contributed by atoms with Gasteiger partial charge in [-0.05, 0) is 42.5 Å². The molecule has 1 aliphatic heterocycles. The van der Waals surface area contributed by atoms with Crippen molar-refractivity contribution in [2.45, 2.75) is 18.9 Å². The molecular weight excluding hydrogens is 341 g/mol. The highest BCUT2D eigenvalue weighted by Gasteiger charge is 2.31. The van der Waals surface area contributed by atoms with Gasteiger partial charge < -0.3 is 4.90 Å². The number of amides is 1. The van der Waals surface area contributed by atoms with Gasteiger partial charge in [0.05, 0.1) is 6.04 Å². The average Bonchev–Trinajstić information content (AvgIpc) is 3.07. The minimum Gasteiger partial charge on any atom is -0.331 e. The van der Waals surface area contributed by atoms with E-state index in [2.05, 4.69) is 22.0 Å². The van der Waals surface area contributed by atoms with Gasteiger partial charge in [0.1, 0.15) is 5.82 Å². The molecule has 1 aliphatic rings. The zero-order valence-electron chi connectivity index (χ0n) is 10.7. The number of carbonyl (C=O) groups excluding carboxylic acids is 1. The lowest BCUT2D eigenvalue weighted by atomic mass is 10.1. The van der Waals surface area contributed by atoms with Crippen LogP contribution in [0.1, 0.15) is 34.1 Å². The Kier molecular flexibility index (Phi) is 3.89. The van der Waals surface area contributed by atoms with Crippen LogP contribution >= 0.6 is 27.3 Å². The highest BCUT2D eigenvalue weighted by Crippen LogP contribution is 2.35. The maximum absolute atomic E-state index is 13.4. The summed E-state index contributed by atoms with van der Waals surface area (Å²) >= 11 is 4.90. The van der Waals surface area contributed by atoms with Gasteiger partial charge in [-0.15, -0.1) is 11.3 Å². The van der Waals surface area contributed by atoms with Gasteiger partial charge >= 0.3 is 0 Å². The molecule has 0 N–H and O–H groups in total. The monoisotopic (exact) mass is 353 g/mol. The molecule has 1 amide bonds. The Morgan fingerprint density at radius 1 is 1.40 bits per heavy atom. The average molecular weight is 354 g/mol. The first-order valence-electron chi connectivity index (χ1n) is 6.45. The van der Waals surface area contributed by atoms with Gasteiger partial charge in [-0.25, -0.2) is 4.39 Å². The largest absolute Gasteiger partial charge is 0.331 e. The molecule has 1 aromatic heterocycles. The number of hydrogen-bond acceptors (Lipinski definition) is 2. The van der Waals surface area contributed by atoms with E-state index in [1.54, 1.807) is 17.4 Å². The van der Waals surface area contributed by atoms with Crippen molar-refractivity contribution in [2.24, 2.45) is 0 Å². The predicted octanol–water partition coefficient (Wildman–Crippen LogP) is 4.63. The van der Waals surface area contributed by atoms with E-state index in [9.17, 15) is 9.18 Å². The van der Waals surface area contributed by atoms with Crippen molar-refractivity contribution < 1.29 is 9.18 Å². The Bertz CT molecular complexity index is 609. The Hall–Kier alpha value is -1.20. The van der Waals surface area contributed by atoms with Gasteiger partial charge in [-0.3, -0.25) is 4.79 Å². The van der Waals surface area contributed by atoms with Crippen molar-refractivity contribution in [3.63, 3.8) is 0 Å². The molecule has 0 saturated carbocycles. The smallest absolute Gasteiger partial charge is 0.254 e. The van der Waals surface area contributed by atoms with Crippen LogP contribution < -0.4 is 0 Å². The number of thiophene rings is 1. The summed E-state index contributed by atoms with van der Waals surface area (Å²) in [5.41, 5.74) is 0.403. The molecule has 3 rings (SSSR count). The molecule has 0 spiro atoms. The number of nitrogens with zero attached hydrogens (tertiary/aromatic N) is 1. The molecule has 1 saturated heterocycles. The van der Waals surface area contributed by atoms with Crippen molar-refractivity contribution in [1.29, 1.82) is 0 Å². The summed E-state index contributed by atoms with van der Waals surface area (Å²) < 4.78 is 14.0. The second-order valence-electron chi connectivity index (χ2n) is 4.83. The SMILES string of the molecule is O=C(c1cc(F)cc(Br)c1)N1CCCC1c1cccs1. The molecule has 2 aromatic rings. The lowest BCUT2D eigenvalue weighted by Crippen LogP contribution is -2.30. The lowest BCUT2D eigenvalue weighted by Gasteiger charge is -2.24. The second kappa shape index (κ2) is 5.66. The molecule has 1 unspecified atom stereocenters. The molecule has 0 aliphatic carbocycles. The maximum Gasteiger partial charge on any atom is 0.254 e. The van der Waals surface area contributed by atoms with E-state index in [0.717, 1.165) is 19.4 Å². The van der Waals surface area contributed by atoms with Crippen LogP contribution in [0.4, 0.5) is 4.39 Å². The first kappa shape index (κ1) is 13.8. The lowest BCUT2D eigenvalue weighted by molar-refractivity contribution is 0.0737. The normalized spacial score (nSPS) is 18.5. The van der Waals surface area contributed by atoms with E-state index in [1.807, 2.05) is 16.3 Å². The Balaban J connectivity index is 1.89. The molecule has 2 nitrogen and oxygen atoms in total. The van der Waals surface area contributed by atoms with Crippen LogP contribution in [0.25, 0.3) is 0 Å². The molecule has 0 bridgehead atoms. The third-order valence-corrected chi connectivity index (χ3v) is 4.93. The third kappa shape index (κ3) is 2.65. The standard InChI is InChI=1S/C15H13BrFNOS/c16-11-7-10(8-12(17)9-11)15(19)18-5-1-3-13(18)14-4-2-6-20-14/h2,4,6-9,13H,1,3,5H2. The molecule has 1 fully saturated rings. The van der Waals surface area contributed by atoms with Crippen LogP contribution in [0, 0.1) is 5.82 Å².